The number of fused-ring (bicyclic) bond motifs is 1. The molecular weight excluding hydrogens is 445 g/mol. The van der Waals surface area contributed by atoms with E-state index in [4.69, 9.17) is 11.6 Å². The molecule has 0 radical (unpaired) electrons. The zero-order valence-corrected chi connectivity index (χ0v) is 17.7. The lowest BCUT2D eigenvalue weighted by molar-refractivity contribution is -0.173. The molecule has 10 heteroatoms. The first-order valence-corrected chi connectivity index (χ1v) is 10.3. The number of anilines is 2. The van der Waals surface area contributed by atoms with Gasteiger partial charge in [-0.25, -0.2) is 4.68 Å². The van der Waals surface area contributed by atoms with Gasteiger partial charge in [0.05, 0.1) is 12.1 Å². The number of nitrogens with one attached hydrogen (secondary N) is 2. The van der Waals surface area contributed by atoms with E-state index < -0.39 is 30.3 Å². The second-order valence-corrected chi connectivity index (χ2v) is 8.09. The number of benzene rings is 2. The van der Waals surface area contributed by atoms with Gasteiger partial charge in [0.2, 0.25) is 0 Å². The fraction of sp³-hybridized carbons (Fsp3) is 0.273. The molecule has 0 spiro atoms. The number of aromatic nitrogens is 2. The van der Waals surface area contributed by atoms with Crippen LogP contribution in [0.1, 0.15) is 53.1 Å². The lowest BCUT2D eigenvalue weighted by Gasteiger charge is -2.33. The van der Waals surface area contributed by atoms with Crippen LogP contribution in [0.4, 0.5) is 24.7 Å². The highest BCUT2D eigenvalue weighted by Gasteiger charge is 2.46. The molecule has 32 heavy (non-hydrogen) atoms. The average molecular weight is 465 g/mol. The van der Waals surface area contributed by atoms with Gasteiger partial charge in [-0.15, -0.1) is 0 Å². The Hall–Kier alpha value is -3.04. The highest BCUT2D eigenvalue weighted by Crippen LogP contribution is 2.43. The Labute approximate surface area is 187 Å². The predicted molar refractivity (Wildman–Crippen MR) is 115 cm³/mol. The van der Waals surface area contributed by atoms with E-state index in [1.54, 1.807) is 55.5 Å². The van der Waals surface area contributed by atoms with E-state index in [1.807, 2.05) is 0 Å². The summed E-state index contributed by atoms with van der Waals surface area (Å²) in [6.07, 6.45) is -5.56. The Morgan fingerprint density at radius 2 is 1.97 bits per heavy atom. The Bertz CT molecular complexity index is 1130. The maximum Gasteiger partial charge on any atom is 0.410 e. The van der Waals surface area contributed by atoms with Crippen LogP contribution in [-0.4, -0.2) is 27.0 Å². The second kappa shape index (κ2) is 8.48. The monoisotopic (exact) mass is 464 g/mol. The van der Waals surface area contributed by atoms with Crippen molar-refractivity contribution in [2.75, 3.05) is 10.6 Å². The second-order valence-electron chi connectivity index (χ2n) is 7.66. The van der Waals surface area contributed by atoms with Gasteiger partial charge in [-0.05, 0) is 42.3 Å². The van der Waals surface area contributed by atoms with E-state index in [1.165, 1.54) is 6.07 Å². The molecule has 1 aliphatic rings. The number of amides is 1. The lowest BCUT2D eigenvalue weighted by atomic mass is 9.97. The first kappa shape index (κ1) is 22.2. The van der Waals surface area contributed by atoms with Crippen LogP contribution in [0.25, 0.3) is 0 Å². The van der Waals surface area contributed by atoms with Crippen molar-refractivity contribution >= 4 is 29.0 Å². The Morgan fingerprint density at radius 1 is 1.25 bits per heavy atom. The Morgan fingerprint density at radius 3 is 2.62 bits per heavy atom. The fourth-order valence-electron chi connectivity index (χ4n) is 3.67. The summed E-state index contributed by atoms with van der Waals surface area (Å²) < 4.78 is 42.3. The van der Waals surface area contributed by atoms with Gasteiger partial charge in [0.1, 0.15) is 5.82 Å². The van der Waals surface area contributed by atoms with Crippen LogP contribution in [-0.2, 0) is 0 Å². The molecule has 1 aliphatic heterocycles. The topological polar surface area (TPSA) is 79.2 Å². The molecule has 3 aromatic rings. The number of aliphatic hydroxyl groups is 1. The molecular formula is C22H20ClF3N4O2. The third kappa shape index (κ3) is 4.58. The number of nitrogens with zero attached hydrogens (tertiary/aromatic N) is 2. The van der Waals surface area contributed by atoms with Crippen molar-refractivity contribution in [2.45, 2.75) is 37.7 Å². The van der Waals surface area contributed by atoms with E-state index in [0.717, 1.165) is 4.68 Å². The van der Waals surface area contributed by atoms with Gasteiger partial charge in [0.25, 0.3) is 5.91 Å². The van der Waals surface area contributed by atoms with E-state index in [0.29, 0.717) is 21.8 Å². The molecule has 6 nitrogen and oxygen atoms in total. The van der Waals surface area contributed by atoms with Crippen LogP contribution in [0.3, 0.4) is 0 Å². The van der Waals surface area contributed by atoms with Crippen LogP contribution in [0, 0.1) is 0 Å². The van der Waals surface area contributed by atoms with Crippen LogP contribution >= 0.6 is 11.6 Å². The molecule has 0 saturated carbocycles. The molecule has 0 aliphatic carbocycles. The van der Waals surface area contributed by atoms with Crippen LogP contribution in [0.5, 0.6) is 0 Å². The van der Waals surface area contributed by atoms with Crippen molar-refractivity contribution in [3.8, 4) is 0 Å². The third-order valence-corrected chi connectivity index (χ3v) is 5.57. The SMILES string of the molecule is C[C@@H](O)c1cccc(NC(=O)c2cc3n(n2)[C@H](C(F)(F)F)C[C@@H](c2ccc(Cl)cc2)N3)c1. The molecule has 3 N–H and O–H groups in total. The summed E-state index contributed by atoms with van der Waals surface area (Å²) in [5.74, 6) is -0.554. The summed E-state index contributed by atoms with van der Waals surface area (Å²) in [6, 6.07) is 11.9. The van der Waals surface area contributed by atoms with Crippen molar-refractivity contribution in [1.82, 2.24) is 9.78 Å². The Balaban J connectivity index is 1.62. The number of carbonyl (C=O) groups is 1. The van der Waals surface area contributed by atoms with Crippen molar-refractivity contribution in [3.63, 3.8) is 0 Å². The summed E-state index contributed by atoms with van der Waals surface area (Å²) in [5, 5.41) is 19.8. The predicted octanol–water partition coefficient (Wildman–Crippen LogP) is 5.50. The zero-order chi connectivity index (χ0) is 23.0. The normalized spacial score (nSPS) is 19.1. The van der Waals surface area contributed by atoms with E-state index in [2.05, 4.69) is 15.7 Å². The zero-order valence-electron chi connectivity index (χ0n) is 16.9. The molecule has 0 saturated heterocycles. The molecule has 0 fully saturated rings. The number of halogens is 4. The first-order valence-electron chi connectivity index (χ1n) is 9.89. The van der Waals surface area contributed by atoms with Gasteiger partial charge in [-0.2, -0.15) is 18.3 Å². The standard InChI is InChI=1S/C22H20ClF3N4O2/c1-12(31)14-3-2-4-16(9-14)27-21(32)18-11-20-28-17(13-5-7-15(23)8-6-13)10-19(22(24,25)26)30(20)29-18/h2-9,11-12,17,19,28,31H,10H2,1H3,(H,27,32)/t12-,17+,19+/m1/s1. The Kier molecular flexibility index (Phi) is 5.87. The number of rotatable bonds is 4. The number of alkyl halides is 3. The quantitative estimate of drug-likeness (QED) is 0.476. The largest absolute Gasteiger partial charge is 0.410 e. The molecule has 1 aromatic heterocycles. The number of hydrogen-bond donors (Lipinski definition) is 3. The van der Waals surface area contributed by atoms with Crippen molar-refractivity contribution in [2.24, 2.45) is 0 Å². The maximum absolute atomic E-state index is 13.8. The highest BCUT2D eigenvalue weighted by atomic mass is 35.5. The maximum atomic E-state index is 13.8. The van der Waals surface area contributed by atoms with E-state index in [9.17, 15) is 23.1 Å². The average Bonchev–Trinajstić information content (AvgIpc) is 3.17. The van der Waals surface area contributed by atoms with Crippen LogP contribution in [0.2, 0.25) is 5.02 Å². The third-order valence-electron chi connectivity index (χ3n) is 5.32. The van der Waals surface area contributed by atoms with Crippen molar-refractivity contribution in [3.05, 3.63) is 76.4 Å². The summed E-state index contributed by atoms with van der Waals surface area (Å²) in [4.78, 5) is 12.7. The number of aliphatic hydroxyl groups excluding tert-OH is 1. The summed E-state index contributed by atoms with van der Waals surface area (Å²) >= 11 is 5.89. The fourth-order valence-corrected chi connectivity index (χ4v) is 3.80. The molecule has 168 valence electrons. The molecule has 0 bridgehead atoms. The van der Waals surface area contributed by atoms with Crippen molar-refractivity contribution < 1.29 is 23.1 Å². The van der Waals surface area contributed by atoms with Gasteiger partial charge in [0, 0.05) is 23.2 Å². The lowest BCUT2D eigenvalue weighted by Crippen LogP contribution is -2.35. The minimum atomic E-state index is -4.55. The van der Waals surface area contributed by atoms with Crippen LogP contribution in [0.15, 0.2) is 54.6 Å². The highest BCUT2D eigenvalue weighted by molar-refractivity contribution is 6.30. The van der Waals surface area contributed by atoms with E-state index in [-0.39, 0.29) is 17.9 Å². The number of carbonyl (C=O) groups excluding carboxylic acids is 1. The first-order chi connectivity index (χ1) is 15.1. The van der Waals surface area contributed by atoms with Gasteiger partial charge in [-0.1, -0.05) is 35.9 Å². The smallest absolute Gasteiger partial charge is 0.389 e. The molecule has 3 atom stereocenters. The van der Waals surface area contributed by atoms with Gasteiger partial charge >= 0.3 is 6.18 Å². The molecule has 0 unspecified atom stereocenters. The van der Waals surface area contributed by atoms with E-state index >= 15 is 0 Å². The molecule has 1 amide bonds. The minimum Gasteiger partial charge on any atom is -0.389 e. The van der Waals surface area contributed by atoms with Gasteiger partial charge in [-0.3, -0.25) is 4.79 Å². The number of hydrogen-bond acceptors (Lipinski definition) is 4. The van der Waals surface area contributed by atoms with Gasteiger partial charge < -0.3 is 15.7 Å². The van der Waals surface area contributed by atoms with Crippen LogP contribution < -0.4 is 10.6 Å². The molecule has 4 rings (SSSR count). The summed E-state index contributed by atoms with van der Waals surface area (Å²) in [7, 11) is 0. The summed E-state index contributed by atoms with van der Waals surface area (Å²) in [6.45, 7) is 1.59. The molecule has 2 aromatic carbocycles. The summed E-state index contributed by atoms with van der Waals surface area (Å²) in [5.41, 5.74) is 1.49. The molecule has 2 heterocycles. The van der Waals surface area contributed by atoms with Crippen molar-refractivity contribution in [1.29, 1.82) is 0 Å². The van der Waals surface area contributed by atoms with Gasteiger partial charge in [0.15, 0.2) is 11.7 Å². The minimum absolute atomic E-state index is 0.0985.